The number of hydrogen-bond acceptors (Lipinski definition) is 5. The van der Waals surface area contributed by atoms with Crippen LogP contribution in [0.3, 0.4) is 0 Å². The summed E-state index contributed by atoms with van der Waals surface area (Å²) in [4.78, 5) is 12.1. The van der Waals surface area contributed by atoms with Crippen LogP contribution in [0.15, 0.2) is 59.8 Å². The summed E-state index contributed by atoms with van der Waals surface area (Å²) in [5.41, 5.74) is 2.35. The fourth-order valence-electron chi connectivity index (χ4n) is 2.80. The molecule has 6 nitrogen and oxygen atoms in total. The molecule has 1 heterocycles. The predicted molar refractivity (Wildman–Crippen MR) is 115 cm³/mol. The number of thioether (sulfide) groups is 1. The number of aromatic nitrogens is 3. The van der Waals surface area contributed by atoms with Gasteiger partial charge in [-0.15, -0.1) is 10.2 Å². The molecule has 0 radical (unpaired) electrons. The average Bonchev–Trinajstić information content (AvgIpc) is 3.17. The Balaban J connectivity index is 1.51. The highest BCUT2D eigenvalue weighted by Gasteiger charge is 2.13. The Morgan fingerprint density at radius 3 is 2.48 bits per heavy atom. The number of carbonyl (C=O) groups excluding carboxylic acids is 1. The smallest absolute Gasteiger partial charge is 0.230 e. The Morgan fingerprint density at radius 1 is 1.03 bits per heavy atom. The van der Waals surface area contributed by atoms with Crippen molar-refractivity contribution in [3.63, 3.8) is 0 Å². The van der Waals surface area contributed by atoms with E-state index in [2.05, 4.69) is 34.6 Å². The molecule has 1 N–H and O–H groups in total. The van der Waals surface area contributed by atoms with Crippen LogP contribution in [-0.4, -0.2) is 26.4 Å². The quantitative estimate of drug-likeness (QED) is 0.514. The third kappa shape index (κ3) is 6.09. The Kier molecular flexibility index (Phi) is 7.69. The second-order valence-electron chi connectivity index (χ2n) is 6.48. The number of nitrogens with zero attached hydrogens (tertiary/aromatic N) is 3. The van der Waals surface area contributed by atoms with E-state index in [4.69, 9.17) is 4.74 Å². The summed E-state index contributed by atoms with van der Waals surface area (Å²) < 4.78 is 7.83. The standard InChI is InChI=1S/C22H26N4O2S/c1-3-17-10-12-19(13-11-17)28-15-20-24-25-22(26(20)4-2)29-16-21(27)23-14-18-8-6-5-7-9-18/h5-13H,3-4,14-16H2,1-2H3,(H,23,27). The molecule has 0 bridgehead atoms. The number of benzene rings is 2. The number of hydrogen-bond donors (Lipinski definition) is 1. The summed E-state index contributed by atoms with van der Waals surface area (Å²) >= 11 is 1.38. The van der Waals surface area contributed by atoms with Crippen molar-refractivity contribution >= 4 is 17.7 Å². The van der Waals surface area contributed by atoms with Gasteiger partial charge in [0.15, 0.2) is 11.0 Å². The highest BCUT2D eigenvalue weighted by Crippen LogP contribution is 2.19. The molecule has 0 aliphatic carbocycles. The lowest BCUT2D eigenvalue weighted by molar-refractivity contribution is -0.118. The van der Waals surface area contributed by atoms with Gasteiger partial charge in [-0.3, -0.25) is 4.79 Å². The zero-order valence-corrected chi connectivity index (χ0v) is 17.6. The van der Waals surface area contributed by atoms with Gasteiger partial charge in [-0.25, -0.2) is 0 Å². The van der Waals surface area contributed by atoms with Crippen LogP contribution in [0.5, 0.6) is 5.75 Å². The van der Waals surface area contributed by atoms with Gasteiger partial charge in [0.25, 0.3) is 0 Å². The maximum atomic E-state index is 12.1. The van der Waals surface area contributed by atoms with E-state index in [0.717, 1.165) is 28.7 Å². The summed E-state index contributed by atoms with van der Waals surface area (Å²) in [7, 11) is 0. The Labute approximate surface area is 175 Å². The lowest BCUT2D eigenvalue weighted by atomic mass is 10.2. The monoisotopic (exact) mass is 410 g/mol. The molecule has 0 aliphatic heterocycles. The third-order valence-corrected chi connectivity index (χ3v) is 5.44. The molecule has 1 amide bonds. The van der Waals surface area contributed by atoms with Crippen LogP contribution in [0.1, 0.15) is 30.8 Å². The van der Waals surface area contributed by atoms with Gasteiger partial charge in [0, 0.05) is 13.1 Å². The number of amides is 1. The first kappa shape index (κ1) is 20.9. The lowest BCUT2D eigenvalue weighted by Gasteiger charge is -2.09. The summed E-state index contributed by atoms with van der Waals surface area (Å²) in [6.07, 6.45) is 1.00. The molecule has 0 saturated carbocycles. The second kappa shape index (κ2) is 10.7. The molecule has 0 aliphatic rings. The van der Waals surface area contributed by atoms with Crippen LogP contribution < -0.4 is 10.1 Å². The molecule has 0 fully saturated rings. The molecular formula is C22H26N4O2S. The summed E-state index contributed by atoms with van der Waals surface area (Å²) in [6, 6.07) is 17.9. The minimum Gasteiger partial charge on any atom is -0.486 e. The van der Waals surface area contributed by atoms with E-state index in [0.29, 0.717) is 25.4 Å². The first-order valence-corrected chi connectivity index (χ1v) is 10.8. The predicted octanol–water partition coefficient (Wildman–Crippen LogP) is 3.85. The highest BCUT2D eigenvalue weighted by molar-refractivity contribution is 7.99. The Bertz CT molecular complexity index is 910. The van der Waals surface area contributed by atoms with E-state index in [1.165, 1.54) is 17.3 Å². The third-order valence-electron chi connectivity index (χ3n) is 4.47. The van der Waals surface area contributed by atoms with E-state index in [1.807, 2.05) is 54.0 Å². The van der Waals surface area contributed by atoms with Gasteiger partial charge in [0.05, 0.1) is 5.75 Å². The highest BCUT2D eigenvalue weighted by atomic mass is 32.2. The molecular weight excluding hydrogens is 384 g/mol. The maximum Gasteiger partial charge on any atom is 0.230 e. The summed E-state index contributed by atoms with van der Waals surface area (Å²) in [5, 5.41) is 12.1. The molecule has 7 heteroatoms. The molecule has 0 spiro atoms. The largest absolute Gasteiger partial charge is 0.486 e. The van der Waals surface area contributed by atoms with E-state index in [9.17, 15) is 4.79 Å². The van der Waals surface area contributed by atoms with Crippen LogP contribution in [0, 0.1) is 0 Å². The average molecular weight is 411 g/mol. The zero-order valence-electron chi connectivity index (χ0n) is 16.8. The van der Waals surface area contributed by atoms with E-state index in [-0.39, 0.29) is 5.91 Å². The molecule has 3 rings (SSSR count). The topological polar surface area (TPSA) is 69.0 Å². The number of rotatable bonds is 10. The van der Waals surface area contributed by atoms with Gasteiger partial charge in [0.2, 0.25) is 5.91 Å². The minimum absolute atomic E-state index is 0.0293. The molecule has 152 valence electrons. The van der Waals surface area contributed by atoms with Crippen LogP contribution >= 0.6 is 11.8 Å². The lowest BCUT2D eigenvalue weighted by Crippen LogP contribution is -2.24. The number of ether oxygens (including phenoxy) is 1. The van der Waals surface area contributed by atoms with Crippen molar-refractivity contribution in [1.29, 1.82) is 0 Å². The molecule has 0 saturated heterocycles. The molecule has 0 atom stereocenters. The van der Waals surface area contributed by atoms with E-state index in [1.54, 1.807) is 0 Å². The fraction of sp³-hybridized carbons (Fsp3) is 0.318. The first-order valence-electron chi connectivity index (χ1n) is 9.76. The van der Waals surface area contributed by atoms with Gasteiger partial charge in [0.1, 0.15) is 12.4 Å². The Hall–Kier alpha value is -2.80. The van der Waals surface area contributed by atoms with Crippen molar-refractivity contribution in [2.24, 2.45) is 0 Å². The van der Waals surface area contributed by atoms with Crippen molar-refractivity contribution in [3.8, 4) is 5.75 Å². The maximum absolute atomic E-state index is 12.1. The van der Waals surface area contributed by atoms with Gasteiger partial charge < -0.3 is 14.6 Å². The first-order chi connectivity index (χ1) is 14.2. The number of aryl methyl sites for hydroxylation is 1. The molecule has 29 heavy (non-hydrogen) atoms. The van der Waals surface area contributed by atoms with Gasteiger partial charge in [-0.1, -0.05) is 61.2 Å². The molecule has 0 unspecified atom stereocenters. The van der Waals surface area contributed by atoms with Gasteiger partial charge in [-0.05, 0) is 36.6 Å². The van der Waals surface area contributed by atoms with Crippen molar-refractivity contribution < 1.29 is 9.53 Å². The van der Waals surface area contributed by atoms with Gasteiger partial charge in [-0.2, -0.15) is 0 Å². The van der Waals surface area contributed by atoms with Gasteiger partial charge >= 0.3 is 0 Å². The van der Waals surface area contributed by atoms with Crippen LogP contribution in [0.2, 0.25) is 0 Å². The van der Waals surface area contributed by atoms with Crippen LogP contribution in [-0.2, 0) is 30.9 Å². The molecule has 3 aromatic rings. The fourth-order valence-corrected chi connectivity index (χ4v) is 3.65. The number of nitrogens with one attached hydrogen (secondary N) is 1. The minimum atomic E-state index is -0.0293. The van der Waals surface area contributed by atoms with Crippen LogP contribution in [0.25, 0.3) is 0 Å². The second-order valence-corrected chi connectivity index (χ2v) is 7.42. The van der Waals surface area contributed by atoms with Crippen molar-refractivity contribution in [3.05, 3.63) is 71.5 Å². The molecule has 1 aromatic heterocycles. The Morgan fingerprint density at radius 2 is 1.79 bits per heavy atom. The van der Waals surface area contributed by atoms with Crippen molar-refractivity contribution in [1.82, 2.24) is 20.1 Å². The molecule has 2 aromatic carbocycles. The van der Waals surface area contributed by atoms with E-state index < -0.39 is 0 Å². The summed E-state index contributed by atoms with van der Waals surface area (Å²) in [5.74, 6) is 1.82. The van der Waals surface area contributed by atoms with Crippen molar-refractivity contribution in [2.75, 3.05) is 5.75 Å². The summed E-state index contributed by atoms with van der Waals surface area (Å²) in [6.45, 7) is 5.74. The zero-order chi connectivity index (χ0) is 20.5. The normalized spacial score (nSPS) is 10.7. The van der Waals surface area contributed by atoms with Crippen LogP contribution in [0.4, 0.5) is 0 Å². The number of carbonyl (C=O) groups is 1. The van der Waals surface area contributed by atoms with Crippen molar-refractivity contribution in [2.45, 2.75) is 45.1 Å². The van der Waals surface area contributed by atoms with E-state index >= 15 is 0 Å². The SMILES string of the molecule is CCc1ccc(OCc2nnc(SCC(=O)NCc3ccccc3)n2CC)cc1.